The Bertz CT molecular complexity index is 608. The standard InChI is InChI=1S/C17H20FNO3/c1-11-5-6-12(9-14(11)18)19-16(21)13-10-15(20)22-17(13)7-3-2-4-8-17/h5-6,9,13H,2-4,7-8,10H2,1H3,(H,19,21)/t13-/m0/s1. The zero-order valence-corrected chi connectivity index (χ0v) is 12.7. The third-order valence-electron chi connectivity index (χ3n) is 4.78. The van der Waals surface area contributed by atoms with Gasteiger partial charge in [0.1, 0.15) is 11.4 Å². The van der Waals surface area contributed by atoms with Gasteiger partial charge in [-0.05, 0) is 50.3 Å². The predicted octanol–water partition coefficient (Wildman–Crippen LogP) is 3.34. The molecule has 0 radical (unpaired) electrons. The molecule has 1 saturated carbocycles. The summed E-state index contributed by atoms with van der Waals surface area (Å²) in [5.41, 5.74) is 0.294. The third kappa shape index (κ3) is 2.72. The van der Waals surface area contributed by atoms with Crippen molar-refractivity contribution in [1.82, 2.24) is 0 Å². The van der Waals surface area contributed by atoms with Crippen LogP contribution in [0.1, 0.15) is 44.1 Å². The Morgan fingerprint density at radius 2 is 2.05 bits per heavy atom. The first-order valence-corrected chi connectivity index (χ1v) is 7.79. The number of hydrogen-bond acceptors (Lipinski definition) is 3. The van der Waals surface area contributed by atoms with E-state index in [2.05, 4.69) is 5.32 Å². The number of carbonyl (C=O) groups is 2. The number of hydrogen-bond donors (Lipinski definition) is 1. The maximum absolute atomic E-state index is 13.6. The van der Waals surface area contributed by atoms with Crippen LogP contribution in [0.15, 0.2) is 18.2 Å². The highest BCUT2D eigenvalue weighted by Crippen LogP contribution is 2.44. The monoisotopic (exact) mass is 305 g/mol. The van der Waals surface area contributed by atoms with Gasteiger partial charge < -0.3 is 10.1 Å². The molecule has 1 saturated heterocycles. The summed E-state index contributed by atoms with van der Waals surface area (Å²) >= 11 is 0. The lowest BCUT2D eigenvalue weighted by atomic mass is 9.75. The highest BCUT2D eigenvalue weighted by molar-refractivity contribution is 5.97. The van der Waals surface area contributed by atoms with E-state index in [0.29, 0.717) is 11.3 Å². The number of ether oxygens (including phenoxy) is 1. The minimum atomic E-state index is -0.650. The molecule has 0 bridgehead atoms. The van der Waals surface area contributed by atoms with Crippen LogP contribution in [0, 0.1) is 18.7 Å². The van der Waals surface area contributed by atoms with Crippen molar-refractivity contribution in [3.05, 3.63) is 29.6 Å². The molecule has 1 aromatic carbocycles. The van der Waals surface area contributed by atoms with Crippen LogP contribution in [0.5, 0.6) is 0 Å². The van der Waals surface area contributed by atoms with E-state index < -0.39 is 11.5 Å². The van der Waals surface area contributed by atoms with Crippen molar-refractivity contribution in [2.24, 2.45) is 5.92 Å². The van der Waals surface area contributed by atoms with E-state index in [9.17, 15) is 14.0 Å². The third-order valence-corrected chi connectivity index (χ3v) is 4.78. The summed E-state index contributed by atoms with van der Waals surface area (Å²) in [4.78, 5) is 24.3. The van der Waals surface area contributed by atoms with Gasteiger partial charge in [-0.2, -0.15) is 0 Å². The molecule has 1 aromatic rings. The Balaban J connectivity index is 1.78. The van der Waals surface area contributed by atoms with Crippen LogP contribution in [-0.2, 0) is 14.3 Å². The molecule has 1 aliphatic heterocycles. The molecule has 1 atom stereocenters. The molecule has 4 nitrogen and oxygen atoms in total. The second kappa shape index (κ2) is 5.71. The van der Waals surface area contributed by atoms with Gasteiger partial charge >= 0.3 is 5.97 Å². The van der Waals surface area contributed by atoms with Gasteiger partial charge in [-0.1, -0.05) is 12.5 Å². The molecule has 1 N–H and O–H groups in total. The summed E-state index contributed by atoms with van der Waals surface area (Å²) in [6, 6.07) is 4.59. The van der Waals surface area contributed by atoms with E-state index in [1.54, 1.807) is 19.1 Å². The molecule has 22 heavy (non-hydrogen) atoms. The molecule has 3 rings (SSSR count). The van der Waals surface area contributed by atoms with E-state index in [0.717, 1.165) is 32.1 Å². The lowest BCUT2D eigenvalue weighted by molar-refractivity contribution is -0.153. The van der Waals surface area contributed by atoms with Crippen molar-refractivity contribution in [3.63, 3.8) is 0 Å². The van der Waals surface area contributed by atoms with Crippen LogP contribution in [0.3, 0.4) is 0 Å². The number of anilines is 1. The first-order valence-electron chi connectivity index (χ1n) is 7.79. The van der Waals surface area contributed by atoms with E-state index in [1.165, 1.54) is 6.07 Å². The molecule has 5 heteroatoms. The number of halogens is 1. The Labute approximate surface area is 129 Å². The maximum atomic E-state index is 13.6. The first kappa shape index (κ1) is 15.0. The fraction of sp³-hybridized carbons (Fsp3) is 0.529. The molecule has 1 heterocycles. The summed E-state index contributed by atoms with van der Waals surface area (Å²) in [7, 11) is 0. The van der Waals surface area contributed by atoms with Crippen molar-refractivity contribution in [1.29, 1.82) is 0 Å². The lowest BCUT2D eigenvalue weighted by Gasteiger charge is -2.36. The Morgan fingerprint density at radius 1 is 1.32 bits per heavy atom. The van der Waals surface area contributed by atoms with Crippen molar-refractivity contribution >= 4 is 17.6 Å². The largest absolute Gasteiger partial charge is 0.458 e. The molecule has 1 spiro atoms. The first-order chi connectivity index (χ1) is 10.5. The van der Waals surface area contributed by atoms with Crippen molar-refractivity contribution in [3.8, 4) is 0 Å². The average molecular weight is 305 g/mol. The molecule has 0 unspecified atom stereocenters. The number of benzene rings is 1. The van der Waals surface area contributed by atoms with Gasteiger partial charge in [0, 0.05) is 5.69 Å². The Kier molecular flexibility index (Phi) is 3.89. The van der Waals surface area contributed by atoms with Crippen LogP contribution in [-0.4, -0.2) is 17.5 Å². The van der Waals surface area contributed by atoms with Crippen molar-refractivity contribution in [2.75, 3.05) is 5.32 Å². The molecular weight excluding hydrogens is 285 g/mol. The van der Waals surface area contributed by atoms with Gasteiger partial charge in [0.05, 0.1) is 12.3 Å². The number of esters is 1. The van der Waals surface area contributed by atoms with Gasteiger partial charge in [-0.15, -0.1) is 0 Å². The summed E-state index contributed by atoms with van der Waals surface area (Å²) < 4.78 is 19.1. The maximum Gasteiger partial charge on any atom is 0.307 e. The van der Waals surface area contributed by atoms with E-state index >= 15 is 0 Å². The van der Waals surface area contributed by atoms with Gasteiger partial charge in [0.2, 0.25) is 5.91 Å². The fourth-order valence-electron chi connectivity index (χ4n) is 3.52. The SMILES string of the molecule is Cc1ccc(NC(=O)[C@@H]2CC(=O)OC23CCCCC3)cc1F. The highest BCUT2D eigenvalue weighted by atomic mass is 19.1. The van der Waals surface area contributed by atoms with Crippen LogP contribution >= 0.6 is 0 Å². The zero-order valence-electron chi connectivity index (χ0n) is 12.7. The van der Waals surface area contributed by atoms with Crippen LogP contribution < -0.4 is 5.32 Å². The second-order valence-electron chi connectivity index (χ2n) is 6.31. The minimum Gasteiger partial charge on any atom is -0.458 e. The predicted molar refractivity (Wildman–Crippen MR) is 79.8 cm³/mol. The molecule has 0 aromatic heterocycles. The molecular formula is C17H20FNO3. The average Bonchev–Trinajstić information content (AvgIpc) is 2.80. The Hall–Kier alpha value is -1.91. The van der Waals surface area contributed by atoms with E-state index in [-0.39, 0.29) is 24.1 Å². The van der Waals surface area contributed by atoms with Gasteiger partial charge in [-0.25, -0.2) is 4.39 Å². The van der Waals surface area contributed by atoms with Crippen LogP contribution in [0.25, 0.3) is 0 Å². The smallest absolute Gasteiger partial charge is 0.307 e. The summed E-state index contributed by atoms with van der Waals surface area (Å²) in [5, 5.41) is 2.73. The molecule has 1 aliphatic carbocycles. The van der Waals surface area contributed by atoms with Gasteiger partial charge in [0.25, 0.3) is 0 Å². The number of carbonyl (C=O) groups excluding carboxylic acids is 2. The molecule has 2 fully saturated rings. The van der Waals surface area contributed by atoms with Crippen molar-refractivity contribution in [2.45, 2.75) is 51.0 Å². The normalized spacial score (nSPS) is 23.4. The minimum absolute atomic E-state index is 0.111. The van der Waals surface area contributed by atoms with Gasteiger partial charge in [0.15, 0.2) is 0 Å². The highest BCUT2D eigenvalue weighted by Gasteiger charge is 2.52. The number of aryl methyl sites for hydroxylation is 1. The molecule has 118 valence electrons. The van der Waals surface area contributed by atoms with Crippen LogP contribution in [0.2, 0.25) is 0 Å². The number of nitrogens with one attached hydrogen (secondary N) is 1. The van der Waals surface area contributed by atoms with E-state index in [4.69, 9.17) is 4.74 Å². The van der Waals surface area contributed by atoms with Crippen molar-refractivity contribution < 1.29 is 18.7 Å². The molecule has 1 amide bonds. The Morgan fingerprint density at radius 3 is 2.73 bits per heavy atom. The van der Waals surface area contributed by atoms with E-state index in [1.807, 2.05) is 0 Å². The summed E-state index contributed by atoms with van der Waals surface area (Å²) in [6.45, 7) is 1.67. The van der Waals surface area contributed by atoms with Crippen LogP contribution in [0.4, 0.5) is 10.1 Å². The lowest BCUT2D eigenvalue weighted by Crippen LogP contribution is -2.43. The zero-order chi connectivity index (χ0) is 15.7. The fourth-order valence-corrected chi connectivity index (χ4v) is 3.52. The topological polar surface area (TPSA) is 55.4 Å². The molecule has 2 aliphatic rings. The number of rotatable bonds is 2. The summed E-state index contributed by atoms with van der Waals surface area (Å²) in [5.74, 6) is -1.40. The summed E-state index contributed by atoms with van der Waals surface area (Å²) in [6.07, 6.45) is 4.63. The second-order valence-corrected chi connectivity index (χ2v) is 6.31. The van der Waals surface area contributed by atoms with Gasteiger partial charge in [-0.3, -0.25) is 9.59 Å². The quantitative estimate of drug-likeness (QED) is 0.853. The number of amides is 1.